The monoisotopic (exact) mass is 195 g/mol. The number of benzene rings is 1. The van der Waals surface area contributed by atoms with Crippen LogP contribution in [0.3, 0.4) is 0 Å². The molecule has 1 fully saturated rings. The van der Waals surface area contributed by atoms with E-state index >= 15 is 0 Å². The van der Waals surface area contributed by atoms with Crippen molar-refractivity contribution in [2.24, 2.45) is 0 Å². The summed E-state index contributed by atoms with van der Waals surface area (Å²) in [4.78, 5) is 11.0. The molecule has 1 aromatic carbocycles. The van der Waals surface area contributed by atoms with E-state index in [2.05, 4.69) is 5.32 Å². The summed E-state index contributed by atoms with van der Waals surface area (Å²) in [5.74, 6) is -0.307. The highest BCUT2D eigenvalue weighted by molar-refractivity contribution is 8.01. The lowest BCUT2D eigenvalue weighted by atomic mass is 10.2. The molecule has 2 N–H and O–H groups in total. The van der Waals surface area contributed by atoms with Gasteiger partial charge in [-0.25, -0.2) is 0 Å². The van der Waals surface area contributed by atoms with Gasteiger partial charge in [-0.2, -0.15) is 0 Å². The van der Waals surface area contributed by atoms with E-state index in [1.54, 1.807) is 0 Å². The third kappa shape index (κ3) is 1.68. The lowest BCUT2D eigenvalue weighted by molar-refractivity contribution is -0.124. The van der Waals surface area contributed by atoms with E-state index in [0.29, 0.717) is 0 Å². The van der Waals surface area contributed by atoms with Crippen molar-refractivity contribution in [3.63, 3.8) is 0 Å². The lowest BCUT2D eigenvalue weighted by Crippen LogP contribution is -2.23. The van der Waals surface area contributed by atoms with Crippen LogP contribution in [0.5, 0.6) is 0 Å². The van der Waals surface area contributed by atoms with Crippen LogP contribution < -0.4 is 5.32 Å². The standard InChI is InChI=1S/C9H9NO2S/c11-7-9(12)13-8(10-7)6-4-2-1-3-5-6/h1-5,8-9,12H,(H,10,11). The quantitative estimate of drug-likeness (QED) is 0.699. The van der Waals surface area contributed by atoms with Gasteiger partial charge in [-0.1, -0.05) is 42.1 Å². The maximum absolute atomic E-state index is 11.0. The van der Waals surface area contributed by atoms with Crippen molar-refractivity contribution in [1.82, 2.24) is 5.32 Å². The van der Waals surface area contributed by atoms with Crippen LogP contribution in [0, 0.1) is 0 Å². The highest BCUT2D eigenvalue weighted by atomic mass is 32.2. The number of carbonyl (C=O) groups excluding carboxylic acids is 1. The number of nitrogens with one attached hydrogen (secondary N) is 1. The average Bonchev–Trinajstić information content (AvgIpc) is 2.49. The molecule has 0 bridgehead atoms. The summed E-state index contributed by atoms with van der Waals surface area (Å²) in [5, 5.41) is 11.8. The van der Waals surface area contributed by atoms with Crippen molar-refractivity contribution in [3.8, 4) is 0 Å². The largest absolute Gasteiger partial charge is 0.373 e. The Labute approximate surface area is 80.1 Å². The van der Waals surface area contributed by atoms with Crippen LogP contribution in [0.25, 0.3) is 0 Å². The van der Waals surface area contributed by atoms with Crippen molar-refractivity contribution in [2.45, 2.75) is 10.8 Å². The van der Waals surface area contributed by atoms with Gasteiger partial charge in [-0.3, -0.25) is 4.79 Å². The fraction of sp³-hybridized carbons (Fsp3) is 0.222. The van der Waals surface area contributed by atoms with Gasteiger partial charge in [0.2, 0.25) is 0 Å². The van der Waals surface area contributed by atoms with Crippen LogP contribution in [-0.4, -0.2) is 16.4 Å². The topological polar surface area (TPSA) is 49.3 Å². The first-order valence-electron chi connectivity index (χ1n) is 3.96. The van der Waals surface area contributed by atoms with E-state index in [4.69, 9.17) is 0 Å². The van der Waals surface area contributed by atoms with E-state index < -0.39 is 5.44 Å². The number of carbonyl (C=O) groups is 1. The molecule has 68 valence electrons. The lowest BCUT2D eigenvalue weighted by Gasteiger charge is -2.07. The number of hydrogen-bond donors (Lipinski definition) is 2. The highest BCUT2D eigenvalue weighted by Crippen LogP contribution is 2.33. The fourth-order valence-corrected chi connectivity index (χ4v) is 2.16. The Bertz CT molecular complexity index is 315. The third-order valence-corrected chi connectivity index (χ3v) is 3.00. The molecule has 0 saturated carbocycles. The van der Waals surface area contributed by atoms with Gasteiger partial charge in [0.25, 0.3) is 5.91 Å². The summed E-state index contributed by atoms with van der Waals surface area (Å²) in [6.45, 7) is 0. The van der Waals surface area contributed by atoms with E-state index in [-0.39, 0.29) is 11.3 Å². The maximum Gasteiger partial charge on any atom is 0.260 e. The first kappa shape index (κ1) is 8.59. The zero-order valence-electron chi connectivity index (χ0n) is 6.81. The summed E-state index contributed by atoms with van der Waals surface area (Å²) in [5.41, 5.74) is 0.0857. The molecule has 0 aromatic heterocycles. The Morgan fingerprint density at radius 3 is 2.54 bits per heavy atom. The van der Waals surface area contributed by atoms with Crippen LogP contribution in [0.2, 0.25) is 0 Å². The van der Waals surface area contributed by atoms with E-state index in [9.17, 15) is 9.90 Å². The Balaban J connectivity index is 2.17. The smallest absolute Gasteiger partial charge is 0.260 e. The summed E-state index contributed by atoms with van der Waals surface area (Å²) >= 11 is 1.22. The molecule has 1 aliphatic heterocycles. The SMILES string of the molecule is O=C1NC(c2ccccc2)SC1O. The molecule has 2 atom stereocenters. The zero-order chi connectivity index (χ0) is 9.26. The molecule has 3 nitrogen and oxygen atoms in total. The van der Waals surface area contributed by atoms with Gasteiger partial charge in [0.05, 0.1) is 0 Å². The van der Waals surface area contributed by atoms with Gasteiger partial charge >= 0.3 is 0 Å². The first-order valence-corrected chi connectivity index (χ1v) is 4.90. The van der Waals surface area contributed by atoms with Crippen LogP contribution in [0.15, 0.2) is 30.3 Å². The second kappa shape index (κ2) is 3.40. The van der Waals surface area contributed by atoms with E-state index in [1.807, 2.05) is 30.3 Å². The summed E-state index contributed by atoms with van der Waals surface area (Å²) < 4.78 is 0. The zero-order valence-corrected chi connectivity index (χ0v) is 7.62. The van der Waals surface area contributed by atoms with Gasteiger partial charge in [0.1, 0.15) is 5.37 Å². The highest BCUT2D eigenvalue weighted by Gasteiger charge is 2.31. The first-order chi connectivity index (χ1) is 6.27. The summed E-state index contributed by atoms with van der Waals surface area (Å²) in [6, 6.07) is 9.59. The molecule has 1 saturated heterocycles. The van der Waals surface area contributed by atoms with Crippen molar-refractivity contribution in [1.29, 1.82) is 0 Å². The van der Waals surface area contributed by atoms with Crippen molar-refractivity contribution < 1.29 is 9.90 Å². The van der Waals surface area contributed by atoms with Crippen molar-refractivity contribution >= 4 is 17.7 Å². The summed E-state index contributed by atoms with van der Waals surface area (Å²) in [7, 11) is 0. The molecule has 0 radical (unpaired) electrons. The molecule has 2 rings (SSSR count). The average molecular weight is 195 g/mol. The maximum atomic E-state index is 11.0. The van der Waals surface area contributed by atoms with Crippen LogP contribution >= 0.6 is 11.8 Å². The number of hydrogen-bond acceptors (Lipinski definition) is 3. The van der Waals surface area contributed by atoms with Gasteiger partial charge in [-0.15, -0.1) is 0 Å². The summed E-state index contributed by atoms with van der Waals surface area (Å²) in [6.07, 6.45) is 0. The van der Waals surface area contributed by atoms with E-state index in [0.717, 1.165) is 5.56 Å². The predicted octanol–water partition coefficient (Wildman–Crippen LogP) is 0.867. The Morgan fingerprint density at radius 2 is 2.00 bits per heavy atom. The van der Waals surface area contributed by atoms with Crippen molar-refractivity contribution in [2.75, 3.05) is 0 Å². The van der Waals surface area contributed by atoms with Gasteiger partial charge in [-0.05, 0) is 5.56 Å². The van der Waals surface area contributed by atoms with Gasteiger partial charge < -0.3 is 10.4 Å². The Kier molecular flexibility index (Phi) is 2.24. The van der Waals surface area contributed by atoms with Crippen molar-refractivity contribution in [3.05, 3.63) is 35.9 Å². The number of aliphatic hydroxyl groups excluding tert-OH is 1. The second-order valence-corrected chi connectivity index (χ2v) is 3.98. The van der Waals surface area contributed by atoms with Gasteiger partial charge in [0, 0.05) is 0 Å². The molecular weight excluding hydrogens is 186 g/mol. The number of rotatable bonds is 1. The molecule has 1 aliphatic rings. The van der Waals surface area contributed by atoms with E-state index in [1.165, 1.54) is 11.8 Å². The minimum atomic E-state index is -0.926. The van der Waals surface area contributed by atoms with Crippen LogP contribution in [0.1, 0.15) is 10.9 Å². The predicted molar refractivity (Wildman–Crippen MR) is 50.9 cm³/mol. The third-order valence-electron chi connectivity index (χ3n) is 1.86. The molecule has 1 amide bonds. The van der Waals surface area contributed by atoms with Gasteiger partial charge in [0.15, 0.2) is 5.44 Å². The van der Waals surface area contributed by atoms with Crippen LogP contribution in [-0.2, 0) is 4.79 Å². The number of amides is 1. The molecule has 4 heteroatoms. The molecule has 0 aliphatic carbocycles. The molecular formula is C9H9NO2S. The minimum Gasteiger partial charge on any atom is -0.373 e. The molecule has 13 heavy (non-hydrogen) atoms. The molecule has 1 heterocycles. The Hall–Kier alpha value is -1.00. The minimum absolute atomic E-state index is 0.108. The number of aliphatic hydroxyl groups is 1. The molecule has 1 aromatic rings. The number of thioether (sulfide) groups is 1. The van der Waals surface area contributed by atoms with Crippen LogP contribution in [0.4, 0.5) is 0 Å². The molecule has 0 spiro atoms. The normalized spacial score (nSPS) is 27.3. The fourth-order valence-electron chi connectivity index (χ4n) is 1.21. The molecule has 2 unspecified atom stereocenters. The second-order valence-electron chi connectivity index (χ2n) is 2.79. The Morgan fingerprint density at radius 1 is 1.31 bits per heavy atom.